The van der Waals surface area contributed by atoms with Crippen molar-refractivity contribution in [1.82, 2.24) is 15.0 Å². The Kier molecular flexibility index (Phi) is 6.94. The molecule has 0 aliphatic heterocycles. The minimum atomic E-state index is -0.533. The number of aliphatic hydroxyl groups is 1. The van der Waals surface area contributed by atoms with Crippen LogP contribution >= 0.6 is 23.2 Å². The second-order valence-electron chi connectivity index (χ2n) is 7.28. The van der Waals surface area contributed by atoms with Crippen molar-refractivity contribution in [3.05, 3.63) is 75.7 Å². The second kappa shape index (κ2) is 10.0. The number of imidazole rings is 1. The van der Waals surface area contributed by atoms with E-state index < -0.39 is 5.82 Å². The maximum atomic E-state index is 13.6. The van der Waals surface area contributed by atoms with Gasteiger partial charge in [0.15, 0.2) is 0 Å². The summed E-state index contributed by atoms with van der Waals surface area (Å²) in [4.78, 5) is 11.8. The van der Waals surface area contributed by atoms with Gasteiger partial charge in [-0.3, -0.25) is 4.98 Å². The number of nitrogens with one attached hydrogen (secondary N) is 3. The molecular formula is C23H19Cl2FN6O. The van der Waals surface area contributed by atoms with E-state index in [4.69, 9.17) is 28.3 Å². The lowest BCUT2D eigenvalue weighted by Crippen LogP contribution is -2.04. The highest BCUT2D eigenvalue weighted by Gasteiger charge is 2.14. The average molecular weight is 485 g/mol. The summed E-state index contributed by atoms with van der Waals surface area (Å²) in [7, 11) is 0. The van der Waals surface area contributed by atoms with E-state index in [0.717, 1.165) is 11.4 Å². The second-order valence-corrected chi connectivity index (χ2v) is 8.09. The van der Waals surface area contributed by atoms with E-state index in [-0.39, 0.29) is 11.6 Å². The Balaban J connectivity index is 1.69. The van der Waals surface area contributed by atoms with Crippen LogP contribution in [-0.2, 0) is 13.0 Å². The fraction of sp³-hybridized carbons (Fsp3) is 0.174. The molecule has 0 radical (unpaired) electrons. The highest BCUT2D eigenvalue weighted by Crippen LogP contribution is 2.35. The molecule has 2 aromatic carbocycles. The van der Waals surface area contributed by atoms with Crippen LogP contribution in [0.25, 0.3) is 10.9 Å². The molecule has 0 aliphatic carbocycles. The summed E-state index contributed by atoms with van der Waals surface area (Å²) in [5, 5.41) is 26.2. The molecule has 0 aliphatic rings. The number of hydrogen-bond acceptors (Lipinski definition) is 6. The van der Waals surface area contributed by atoms with Crippen LogP contribution in [0.3, 0.4) is 0 Å². The molecule has 0 amide bonds. The van der Waals surface area contributed by atoms with Gasteiger partial charge >= 0.3 is 0 Å². The van der Waals surface area contributed by atoms with E-state index in [2.05, 4.69) is 31.7 Å². The van der Waals surface area contributed by atoms with E-state index in [1.54, 1.807) is 12.4 Å². The van der Waals surface area contributed by atoms with Crippen LogP contribution in [0.15, 0.2) is 42.9 Å². The van der Waals surface area contributed by atoms with E-state index in [1.165, 1.54) is 24.4 Å². The van der Waals surface area contributed by atoms with Crippen LogP contribution in [-0.4, -0.2) is 26.7 Å². The summed E-state index contributed by atoms with van der Waals surface area (Å²) in [6.07, 6.45) is 4.35. The van der Waals surface area contributed by atoms with E-state index in [0.29, 0.717) is 57.9 Å². The van der Waals surface area contributed by atoms with Crippen molar-refractivity contribution in [1.29, 1.82) is 5.26 Å². The van der Waals surface area contributed by atoms with Crippen molar-refractivity contribution in [2.45, 2.75) is 19.4 Å². The summed E-state index contributed by atoms with van der Waals surface area (Å²) in [6, 6.07) is 9.95. The van der Waals surface area contributed by atoms with Gasteiger partial charge in [0, 0.05) is 29.6 Å². The zero-order chi connectivity index (χ0) is 23.4. The number of aliphatic hydroxyl groups excluding tert-OH is 1. The summed E-state index contributed by atoms with van der Waals surface area (Å²) in [5.74, 6) is -0.533. The summed E-state index contributed by atoms with van der Waals surface area (Å²) in [6.45, 7) is 0.563. The number of benzene rings is 2. The van der Waals surface area contributed by atoms with Crippen LogP contribution in [0.4, 0.5) is 21.5 Å². The average Bonchev–Trinajstić information content (AvgIpc) is 3.26. The normalized spacial score (nSPS) is 10.9. The van der Waals surface area contributed by atoms with Crippen molar-refractivity contribution in [2.75, 3.05) is 17.2 Å². The number of halogens is 3. The topological polar surface area (TPSA) is 110 Å². The van der Waals surface area contributed by atoms with E-state index >= 15 is 0 Å². The van der Waals surface area contributed by atoms with Gasteiger partial charge in [0.25, 0.3) is 0 Å². The molecule has 0 saturated carbocycles. The van der Waals surface area contributed by atoms with Gasteiger partial charge in [-0.05, 0) is 43.2 Å². The number of aromatic amines is 1. The van der Waals surface area contributed by atoms with Gasteiger partial charge in [-0.25, -0.2) is 9.37 Å². The van der Waals surface area contributed by atoms with Crippen molar-refractivity contribution in [2.24, 2.45) is 0 Å². The molecule has 4 N–H and O–H groups in total. The van der Waals surface area contributed by atoms with Crippen molar-refractivity contribution in [3.63, 3.8) is 0 Å². The molecule has 4 rings (SSSR count). The molecule has 2 heterocycles. The van der Waals surface area contributed by atoms with Crippen LogP contribution in [0.1, 0.15) is 23.4 Å². The number of aryl methyl sites for hydroxylation is 1. The first-order valence-electron chi connectivity index (χ1n) is 10.1. The summed E-state index contributed by atoms with van der Waals surface area (Å²) < 4.78 is 13.6. The minimum absolute atomic E-state index is 0.0335. The number of nitrogens with zero attached hydrogens (tertiary/aromatic N) is 3. The van der Waals surface area contributed by atoms with Crippen molar-refractivity contribution < 1.29 is 9.50 Å². The highest BCUT2D eigenvalue weighted by molar-refractivity contribution is 6.36. The molecule has 0 fully saturated rings. The third-order valence-electron chi connectivity index (χ3n) is 5.08. The van der Waals surface area contributed by atoms with Gasteiger partial charge in [0.1, 0.15) is 11.9 Å². The number of fused-ring (bicyclic) bond motifs is 1. The molecule has 2 aromatic heterocycles. The maximum absolute atomic E-state index is 13.6. The molecule has 0 spiro atoms. The van der Waals surface area contributed by atoms with Gasteiger partial charge in [-0.15, -0.1) is 0 Å². The fourth-order valence-corrected chi connectivity index (χ4v) is 3.90. The Bertz CT molecular complexity index is 1350. The predicted molar refractivity (Wildman–Crippen MR) is 127 cm³/mol. The Labute approximate surface area is 199 Å². The number of rotatable bonds is 8. The SMILES string of the molecule is N#Cc1cnc2c(Cl)cc(NCc3[nH]cnc3CCCO)cc2c1Nc1ccc(F)c(Cl)c1. The predicted octanol–water partition coefficient (Wildman–Crippen LogP) is 5.56. The molecule has 0 atom stereocenters. The fourth-order valence-electron chi connectivity index (χ4n) is 3.45. The largest absolute Gasteiger partial charge is 0.396 e. The molecule has 0 bridgehead atoms. The first-order valence-corrected chi connectivity index (χ1v) is 10.9. The number of aromatic nitrogens is 3. The summed E-state index contributed by atoms with van der Waals surface area (Å²) in [5.41, 5.74) is 4.33. The monoisotopic (exact) mass is 484 g/mol. The number of anilines is 3. The Morgan fingerprint density at radius 3 is 2.70 bits per heavy atom. The quantitative estimate of drug-likeness (QED) is 0.260. The number of nitriles is 1. The van der Waals surface area contributed by atoms with Gasteiger partial charge in [-0.1, -0.05) is 23.2 Å². The molecule has 168 valence electrons. The van der Waals surface area contributed by atoms with Gasteiger partial charge in [0.2, 0.25) is 0 Å². The zero-order valence-electron chi connectivity index (χ0n) is 17.3. The van der Waals surface area contributed by atoms with Crippen LogP contribution < -0.4 is 10.6 Å². The molecule has 10 heteroatoms. The molecule has 4 aromatic rings. The molecule has 7 nitrogen and oxygen atoms in total. The highest BCUT2D eigenvalue weighted by atomic mass is 35.5. The van der Waals surface area contributed by atoms with Gasteiger partial charge in [-0.2, -0.15) is 5.26 Å². The first-order chi connectivity index (χ1) is 16.0. The lowest BCUT2D eigenvalue weighted by molar-refractivity contribution is 0.288. The number of H-pyrrole nitrogens is 1. The lowest BCUT2D eigenvalue weighted by atomic mass is 10.1. The minimum Gasteiger partial charge on any atom is -0.396 e. The number of hydrogen-bond donors (Lipinski definition) is 4. The third-order valence-corrected chi connectivity index (χ3v) is 5.66. The standard InChI is InChI=1S/C23H19Cl2FN6O/c24-17-7-14(3-4-19(17)26)32-22-13(9-27)10-29-23-16(22)6-15(8-18(23)25)28-11-21-20(2-1-5-33)30-12-31-21/h3-4,6-8,10,12,28,33H,1-2,5,11H2,(H,29,32)(H,30,31). The number of pyridine rings is 1. The van der Waals surface area contributed by atoms with Crippen LogP contribution in [0, 0.1) is 17.1 Å². The van der Waals surface area contributed by atoms with Crippen molar-refractivity contribution >= 4 is 51.2 Å². The van der Waals surface area contributed by atoms with Gasteiger partial charge in [0.05, 0.1) is 51.1 Å². The molecular weight excluding hydrogens is 466 g/mol. The zero-order valence-corrected chi connectivity index (χ0v) is 18.8. The van der Waals surface area contributed by atoms with Crippen LogP contribution in [0.5, 0.6) is 0 Å². The summed E-state index contributed by atoms with van der Waals surface area (Å²) >= 11 is 12.4. The smallest absolute Gasteiger partial charge is 0.141 e. The molecule has 33 heavy (non-hydrogen) atoms. The van der Waals surface area contributed by atoms with Crippen LogP contribution in [0.2, 0.25) is 10.0 Å². The van der Waals surface area contributed by atoms with Gasteiger partial charge < -0.3 is 20.7 Å². The third kappa shape index (κ3) is 5.01. The maximum Gasteiger partial charge on any atom is 0.141 e. The molecule has 0 unspecified atom stereocenters. The Morgan fingerprint density at radius 2 is 1.94 bits per heavy atom. The Morgan fingerprint density at radius 1 is 1.12 bits per heavy atom. The van der Waals surface area contributed by atoms with E-state index in [1.807, 2.05) is 6.07 Å². The molecule has 0 saturated heterocycles. The van der Waals surface area contributed by atoms with Crippen molar-refractivity contribution in [3.8, 4) is 6.07 Å². The first kappa shape index (κ1) is 22.8. The van der Waals surface area contributed by atoms with E-state index in [9.17, 15) is 9.65 Å². The Hall–Kier alpha value is -3.38. The lowest BCUT2D eigenvalue weighted by Gasteiger charge is -2.15.